The molecule has 0 unspecified atom stereocenters. The zero-order valence-electron chi connectivity index (χ0n) is 19.3. The Kier molecular flexibility index (Phi) is 8.32. The van der Waals surface area contributed by atoms with Gasteiger partial charge >= 0.3 is 0 Å². The molecule has 0 spiro atoms. The van der Waals surface area contributed by atoms with Crippen molar-refractivity contribution in [3.05, 3.63) is 47.5 Å². The normalized spacial score (nSPS) is 14.7. The lowest BCUT2D eigenvalue weighted by molar-refractivity contribution is 0.0696. The van der Waals surface area contributed by atoms with Crippen molar-refractivity contribution in [1.29, 1.82) is 0 Å². The molecular formula is C23H28F2N2O6S. The summed E-state index contributed by atoms with van der Waals surface area (Å²) < 4.78 is 71.2. The minimum Gasteiger partial charge on any atom is -0.490 e. The van der Waals surface area contributed by atoms with Gasteiger partial charge in [0.2, 0.25) is 15.8 Å². The van der Waals surface area contributed by atoms with Crippen molar-refractivity contribution in [1.82, 2.24) is 9.21 Å². The number of rotatable bonds is 9. The first-order chi connectivity index (χ1) is 16.2. The summed E-state index contributed by atoms with van der Waals surface area (Å²) in [6.07, 6.45) is 0. The van der Waals surface area contributed by atoms with Crippen LogP contribution in [0.25, 0.3) is 0 Å². The molecule has 0 bridgehead atoms. The highest BCUT2D eigenvalue weighted by molar-refractivity contribution is 7.89. The molecule has 34 heavy (non-hydrogen) atoms. The van der Waals surface area contributed by atoms with Gasteiger partial charge in [-0.25, -0.2) is 17.2 Å². The van der Waals surface area contributed by atoms with E-state index in [0.717, 1.165) is 16.4 Å². The first kappa shape index (κ1) is 25.7. The topological polar surface area (TPSA) is 85.4 Å². The summed E-state index contributed by atoms with van der Waals surface area (Å²) in [7, 11) is -4.25. The highest BCUT2D eigenvalue weighted by atomic mass is 32.2. The fourth-order valence-electron chi connectivity index (χ4n) is 3.64. The maximum Gasteiger partial charge on any atom is 0.254 e. The molecule has 0 saturated carbocycles. The zero-order valence-corrected chi connectivity index (χ0v) is 20.2. The largest absolute Gasteiger partial charge is 0.490 e. The lowest BCUT2D eigenvalue weighted by Gasteiger charge is -2.34. The minimum atomic E-state index is -4.25. The van der Waals surface area contributed by atoms with Crippen LogP contribution in [0.4, 0.5) is 8.78 Å². The van der Waals surface area contributed by atoms with Gasteiger partial charge in [-0.2, -0.15) is 4.31 Å². The Hall–Kier alpha value is -2.92. The number of benzene rings is 2. The summed E-state index contributed by atoms with van der Waals surface area (Å²) in [6.45, 7) is 6.59. The van der Waals surface area contributed by atoms with E-state index >= 15 is 0 Å². The fraction of sp³-hybridized carbons (Fsp3) is 0.435. The lowest BCUT2D eigenvalue weighted by atomic mass is 10.1. The van der Waals surface area contributed by atoms with Gasteiger partial charge in [0.1, 0.15) is 16.5 Å². The number of piperazine rings is 1. The van der Waals surface area contributed by atoms with Crippen LogP contribution in [-0.4, -0.2) is 69.5 Å². The SMILES string of the molecule is CCOc1cc(C(=O)N2CCN(S(=O)(=O)c3cc(F)ccc3F)CC2)cc(OCC)c1OCC. The van der Waals surface area contributed by atoms with Crippen molar-refractivity contribution < 1.29 is 36.2 Å². The molecule has 1 fully saturated rings. The molecule has 2 aromatic carbocycles. The van der Waals surface area contributed by atoms with Crippen LogP contribution in [0.2, 0.25) is 0 Å². The summed E-state index contributed by atoms with van der Waals surface area (Å²) in [6, 6.07) is 5.44. The predicted octanol–water partition coefficient (Wildman–Crippen LogP) is 3.31. The van der Waals surface area contributed by atoms with Crippen molar-refractivity contribution in [2.45, 2.75) is 25.7 Å². The Morgan fingerprint density at radius 3 is 1.97 bits per heavy atom. The second-order valence-electron chi connectivity index (χ2n) is 7.37. The zero-order chi connectivity index (χ0) is 24.9. The van der Waals surface area contributed by atoms with Gasteiger partial charge in [0.25, 0.3) is 5.91 Å². The van der Waals surface area contributed by atoms with E-state index in [1.165, 1.54) is 4.90 Å². The molecule has 1 saturated heterocycles. The summed E-state index contributed by atoms with van der Waals surface area (Å²) in [5, 5.41) is 0. The van der Waals surface area contributed by atoms with Gasteiger partial charge in [-0.05, 0) is 51.1 Å². The molecule has 1 amide bonds. The van der Waals surface area contributed by atoms with Gasteiger partial charge in [0.15, 0.2) is 11.5 Å². The van der Waals surface area contributed by atoms with E-state index in [2.05, 4.69) is 0 Å². The van der Waals surface area contributed by atoms with Crippen LogP contribution in [0, 0.1) is 11.6 Å². The molecule has 0 atom stereocenters. The molecule has 0 aliphatic carbocycles. The van der Waals surface area contributed by atoms with Crippen LogP contribution in [0.5, 0.6) is 17.2 Å². The number of amides is 1. The quantitative estimate of drug-likeness (QED) is 0.528. The first-order valence-corrected chi connectivity index (χ1v) is 12.5. The van der Waals surface area contributed by atoms with E-state index in [1.807, 2.05) is 20.8 Å². The third-order valence-electron chi connectivity index (χ3n) is 5.19. The highest BCUT2D eigenvalue weighted by Crippen LogP contribution is 2.39. The molecule has 2 aromatic rings. The number of carbonyl (C=O) groups excluding carboxylic acids is 1. The van der Waals surface area contributed by atoms with E-state index in [0.29, 0.717) is 48.7 Å². The Labute approximate surface area is 198 Å². The standard InChI is InChI=1S/C23H28F2N2O6S/c1-4-31-19-13-16(14-20(32-5-2)22(19)33-6-3)23(28)26-9-11-27(12-10-26)34(29,30)21-15-17(24)7-8-18(21)25/h7-8,13-15H,4-6,9-12H2,1-3H3. The molecule has 0 aromatic heterocycles. The molecule has 0 N–H and O–H groups in total. The summed E-state index contributed by atoms with van der Waals surface area (Å²) in [4.78, 5) is 14.0. The molecule has 1 heterocycles. The molecule has 1 aliphatic heterocycles. The summed E-state index contributed by atoms with van der Waals surface area (Å²) >= 11 is 0. The maximum atomic E-state index is 14.1. The fourth-order valence-corrected chi connectivity index (χ4v) is 5.14. The van der Waals surface area contributed by atoms with Crippen molar-refractivity contribution in [2.75, 3.05) is 46.0 Å². The number of sulfonamides is 1. The molecule has 186 valence electrons. The third kappa shape index (κ3) is 5.41. The van der Waals surface area contributed by atoms with E-state index < -0.39 is 26.6 Å². The van der Waals surface area contributed by atoms with Crippen LogP contribution >= 0.6 is 0 Å². The predicted molar refractivity (Wildman–Crippen MR) is 121 cm³/mol. The average Bonchev–Trinajstić information content (AvgIpc) is 2.82. The smallest absolute Gasteiger partial charge is 0.254 e. The summed E-state index contributed by atoms with van der Waals surface area (Å²) in [5.74, 6) is -1.04. The van der Waals surface area contributed by atoms with Gasteiger partial charge < -0.3 is 19.1 Å². The van der Waals surface area contributed by atoms with Crippen molar-refractivity contribution in [2.24, 2.45) is 0 Å². The molecule has 1 aliphatic rings. The van der Waals surface area contributed by atoms with Crippen LogP contribution in [-0.2, 0) is 10.0 Å². The number of hydrogen-bond acceptors (Lipinski definition) is 6. The number of halogens is 2. The van der Waals surface area contributed by atoms with Crippen molar-refractivity contribution >= 4 is 15.9 Å². The van der Waals surface area contributed by atoms with Crippen molar-refractivity contribution in [3.63, 3.8) is 0 Å². The third-order valence-corrected chi connectivity index (χ3v) is 7.11. The Balaban J connectivity index is 1.80. The van der Waals surface area contributed by atoms with E-state index in [4.69, 9.17) is 14.2 Å². The van der Waals surface area contributed by atoms with Gasteiger partial charge in [-0.15, -0.1) is 0 Å². The number of nitrogens with zero attached hydrogens (tertiary/aromatic N) is 2. The average molecular weight is 499 g/mol. The van der Waals surface area contributed by atoms with Gasteiger partial charge in [0, 0.05) is 31.7 Å². The van der Waals surface area contributed by atoms with Crippen LogP contribution in [0.15, 0.2) is 35.2 Å². The van der Waals surface area contributed by atoms with E-state index in [9.17, 15) is 22.0 Å². The molecule has 0 radical (unpaired) electrons. The molecule has 8 nitrogen and oxygen atoms in total. The van der Waals surface area contributed by atoms with Gasteiger partial charge in [-0.1, -0.05) is 0 Å². The Bertz CT molecular complexity index is 1110. The number of hydrogen-bond donors (Lipinski definition) is 0. The lowest BCUT2D eigenvalue weighted by Crippen LogP contribution is -2.50. The van der Waals surface area contributed by atoms with Crippen LogP contribution in [0.1, 0.15) is 31.1 Å². The Morgan fingerprint density at radius 1 is 0.882 bits per heavy atom. The highest BCUT2D eigenvalue weighted by Gasteiger charge is 2.33. The molecule has 3 rings (SSSR count). The van der Waals surface area contributed by atoms with E-state index in [-0.39, 0.29) is 32.1 Å². The van der Waals surface area contributed by atoms with Crippen LogP contribution < -0.4 is 14.2 Å². The van der Waals surface area contributed by atoms with E-state index in [1.54, 1.807) is 12.1 Å². The van der Waals surface area contributed by atoms with Crippen LogP contribution in [0.3, 0.4) is 0 Å². The second-order valence-corrected chi connectivity index (χ2v) is 9.28. The Morgan fingerprint density at radius 2 is 1.44 bits per heavy atom. The molecular weight excluding hydrogens is 470 g/mol. The first-order valence-electron chi connectivity index (χ1n) is 11.0. The second kappa shape index (κ2) is 11.0. The number of carbonyl (C=O) groups is 1. The summed E-state index contributed by atoms with van der Waals surface area (Å²) in [5.41, 5.74) is 0.308. The van der Waals surface area contributed by atoms with Crippen molar-refractivity contribution in [3.8, 4) is 17.2 Å². The van der Waals surface area contributed by atoms with Gasteiger partial charge in [0.05, 0.1) is 19.8 Å². The monoisotopic (exact) mass is 498 g/mol. The maximum absolute atomic E-state index is 14.1. The minimum absolute atomic E-state index is 0.0578. The van der Waals surface area contributed by atoms with Gasteiger partial charge in [-0.3, -0.25) is 4.79 Å². The number of ether oxygens (including phenoxy) is 3. The molecule has 11 heteroatoms.